The Labute approximate surface area is 185 Å². The highest BCUT2D eigenvalue weighted by Crippen LogP contribution is 2.42. The summed E-state index contributed by atoms with van der Waals surface area (Å²) in [6.45, 7) is 12.0. The van der Waals surface area contributed by atoms with Crippen molar-refractivity contribution in [1.29, 1.82) is 0 Å². The van der Waals surface area contributed by atoms with E-state index in [-0.39, 0.29) is 30.3 Å². The van der Waals surface area contributed by atoms with Crippen molar-refractivity contribution in [2.45, 2.75) is 52.4 Å². The molecule has 0 radical (unpaired) electrons. The van der Waals surface area contributed by atoms with Gasteiger partial charge in [-0.05, 0) is 48.9 Å². The minimum Gasteiger partial charge on any atom is -0.370 e. The Kier molecular flexibility index (Phi) is 6.06. The Morgan fingerprint density at radius 3 is 2.29 bits per heavy atom. The zero-order chi connectivity index (χ0) is 22.4. The third kappa shape index (κ3) is 4.59. The van der Waals surface area contributed by atoms with Gasteiger partial charge in [-0.2, -0.15) is 0 Å². The minimum absolute atomic E-state index is 0.00964. The van der Waals surface area contributed by atoms with Crippen molar-refractivity contribution >= 4 is 11.6 Å². The van der Waals surface area contributed by atoms with Gasteiger partial charge in [0.1, 0.15) is 0 Å². The largest absolute Gasteiger partial charge is 0.370 e. The van der Waals surface area contributed by atoms with Gasteiger partial charge in [0.2, 0.25) is 5.91 Å². The van der Waals surface area contributed by atoms with Gasteiger partial charge in [-0.25, -0.2) is 8.78 Å². The number of hydrogen-bond acceptors (Lipinski definition) is 3. The molecule has 3 heterocycles. The molecule has 0 N–H and O–H groups in total. The number of piperidine rings is 1. The molecule has 1 atom stereocenters. The molecule has 1 spiro atoms. The van der Waals surface area contributed by atoms with Crippen molar-refractivity contribution in [2.24, 2.45) is 17.3 Å². The molecular weight excluding hydrogens is 396 g/mol. The first-order valence-corrected chi connectivity index (χ1v) is 11.8. The quantitative estimate of drug-likeness (QED) is 0.686. The lowest BCUT2D eigenvalue weighted by Crippen LogP contribution is -2.58. The summed E-state index contributed by atoms with van der Waals surface area (Å²) in [5.41, 5.74) is 2.76. The molecule has 3 fully saturated rings. The van der Waals surface area contributed by atoms with Gasteiger partial charge in [-0.3, -0.25) is 9.69 Å². The molecule has 4 nitrogen and oxygen atoms in total. The maximum atomic E-state index is 14.5. The average molecular weight is 434 g/mol. The third-order valence-corrected chi connectivity index (χ3v) is 7.67. The van der Waals surface area contributed by atoms with Crippen LogP contribution in [0.2, 0.25) is 0 Å². The van der Waals surface area contributed by atoms with Crippen LogP contribution in [-0.2, 0) is 4.79 Å². The summed E-state index contributed by atoms with van der Waals surface area (Å²) in [6.07, 6.45) is 1.47. The first-order chi connectivity index (χ1) is 14.6. The Hall–Kier alpha value is -1.69. The first-order valence-electron chi connectivity index (χ1n) is 11.8. The molecule has 0 aromatic heterocycles. The van der Waals surface area contributed by atoms with Gasteiger partial charge in [0.25, 0.3) is 5.92 Å². The Morgan fingerprint density at radius 2 is 1.71 bits per heavy atom. The van der Waals surface area contributed by atoms with Crippen LogP contribution in [-0.4, -0.2) is 67.4 Å². The first kappa shape index (κ1) is 22.5. The number of likely N-dealkylation sites (tertiary alicyclic amines) is 2. The van der Waals surface area contributed by atoms with Crippen molar-refractivity contribution in [1.82, 2.24) is 9.80 Å². The lowest BCUT2D eigenvalue weighted by Gasteiger charge is -2.49. The maximum absolute atomic E-state index is 14.5. The van der Waals surface area contributed by atoms with Gasteiger partial charge < -0.3 is 9.80 Å². The summed E-state index contributed by atoms with van der Waals surface area (Å²) in [5, 5.41) is 0. The van der Waals surface area contributed by atoms with Crippen LogP contribution in [0.1, 0.15) is 52.0 Å². The van der Waals surface area contributed by atoms with Crippen molar-refractivity contribution in [3.05, 3.63) is 29.8 Å². The second-order valence-electron chi connectivity index (χ2n) is 10.8. The van der Waals surface area contributed by atoms with Gasteiger partial charge in [-0.15, -0.1) is 0 Å². The van der Waals surface area contributed by atoms with Crippen LogP contribution in [0, 0.1) is 17.3 Å². The smallest absolute Gasteiger partial charge is 0.263 e. The molecule has 3 aliphatic rings. The topological polar surface area (TPSA) is 26.8 Å². The predicted octanol–water partition coefficient (Wildman–Crippen LogP) is 4.46. The molecule has 172 valence electrons. The second kappa shape index (κ2) is 8.34. The monoisotopic (exact) mass is 433 g/mol. The molecule has 0 bridgehead atoms. The van der Waals surface area contributed by atoms with Crippen molar-refractivity contribution in [3.8, 4) is 0 Å². The number of amides is 1. The zero-order valence-electron chi connectivity index (χ0n) is 19.4. The number of carbonyl (C=O) groups excluding carboxylic acids is 1. The third-order valence-electron chi connectivity index (χ3n) is 7.67. The van der Waals surface area contributed by atoms with Crippen LogP contribution in [0.4, 0.5) is 14.5 Å². The highest BCUT2D eigenvalue weighted by molar-refractivity contribution is 5.78. The lowest BCUT2D eigenvalue weighted by atomic mass is 9.78. The van der Waals surface area contributed by atoms with E-state index in [2.05, 4.69) is 43.0 Å². The average Bonchev–Trinajstić information content (AvgIpc) is 3.12. The van der Waals surface area contributed by atoms with E-state index in [9.17, 15) is 13.6 Å². The highest BCUT2D eigenvalue weighted by Gasteiger charge is 2.50. The Morgan fingerprint density at radius 1 is 1.03 bits per heavy atom. The number of benzene rings is 1. The summed E-state index contributed by atoms with van der Waals surface area (Å²) < 4.78 is 29.0. The molecule has 1 amide bonds. The van der Waals surface area contributed by atoms with E-state index in [0.717, 1.165) is 32.6 Å². The summed E-state index contributed by atoms with van der Waals surface area (Å²) >= 11 is 0. The number of nitrogens with zero attached hydrogens (tertiary/aromatic N) is 3. The van der Waals surface area contributed by atoms with Gasteiger partial charge in [-0.1, -0.05) is 39.8 Å². The number of carbonyl (C=O) groups is 1. The van der Waals surface area contributed by atoms with Gasteiger partial charge >= 0.3 is 0 Å². The zero-order valence-corrected chi connectivity index (χ0v) is 19.4. The molecule has 1 aromatic carbocycles. The van der Waals surface area contributed by atoms with Crippen molar-refractivity contribution in [2.75, 3.05) is 50.7 Å². The highest BCUT2D eigenvalue weighted by atomic mass is 19.3. The van der Waals surface area contributed by atoms with Crippen LogP contribution in [0.25, 0.3) is 0 Å². The fourth-order valence-corrected chi connectivity index (χ4v) is 5.70. The normalized spacial score (nSPS) is 25.5. The fourth-order valence-electron chi connectivity index (χ4n) is 5.70. The lowest BCUT2D eigenvalue weighted by molar-refractivity contribution is -0.142. The summed E-state index contributed by atoms with van der Waals surface area (Å²) in [4.78, 5) is 18.8. The van der Waals surface area contributed by atoms with Crippen LogP contribution in [0.3, 0.4) is 0 Å². The summed E-state index contributed by atoms with van der Waals surface area (Å²) in [7, 11) is 0. The van der Waals surface area contributed by atoms with E-state index in [4.69, 9.17) is 0 Å². The predicted molar refractivity (Wildman–Crippen MR) is 121 cm³/mol. The Bertz CT molecular complexity index is 786. The number of alkyl halides is 2. The maximum Gasteiger partial charge on any atom is 0.263 e. The van der Waals surface area contributed by atoms with Gasteiger partial charge in [0, 0.05) is 43.2 Å². The number of hydrogen-bond donors (Lipinski definition) is 0. The van der Waals surface area contributed by atoms with E-state index in [0.29, 0.717) is 18.9 Å². The molecule has 0 saturated carbocycles. The molecule has 1 unspecified atom stereocenters. The molecule has 6 heteroatoms. The van der Waals surface area contributed by atoms with Gasteiger partial charge in [0.05, 0.1) is 13.1 Å². The molecule has 31 heavy (non-hydrogen) atoms. The standard InChI is InChI=1S/C25H37F2N3O/c1-18(2)20-5-7-21(8-6-20)30-15-24(16-30)10-12-29(14-24)23(31)13-28-11-9-22(19(3)4)25(26,27)17-28/h5-8,18-19,22H,9-17H2,1-4H3. The van der Waals surface area contributed by atoms with E-state index < -0.39 is 11.8 Å². The number of rotatable bonds is 5. The Balaban J connectivity index is 1.27. The van der Waals surface area contributed by atoms with E-state index in [1.807, 2.05) is 18.7 Å². The van der Waals surface area contributed by atoms with Crippen LogP contribution >= 0.6 is 0 Å². The fraction of sp³-hybridized carbons (Fsp3) is 0.720. The number of halogens is 2. The number of anilines is 1. The molecule has 4 rings (SSSR count). The summed E-state index contributed by atoms with van der Waals surface area (Å²) in [5.74, 6) is -2.78. The van der Waals surface area contributed by atoms with Crippen LogP contribution < -0.4 is 4.90 Å². The van der Waals surface area contributed by atoms with E-state index >= 15 is 0 Å². The van der Waals surface area contributed by atoms with Gasteiger partial charge in [0.15, 0.2) is 0 Å². The molecule has 3 aliphatic heterocycles. The molecule has 0 aliphatic carbocycles. The minimum atomic E-state index is -2.71. The van der Waals surface area contributed by atoms with E-state index in [1.54, 1.807) is 4.90 Å². The molecule has 1 aromatic rings. The van der Waals surface area contributed by atoms with Crippen molar-refractivity contribution in [3.63, 3.8) is 0 Å². The second-order valence-corrected chi connectivity index (χ2v) is 10.8. The SMILES string of the molecule is CC(C)c1ccc(N2CC3(CCN(C(=O)CN4CCC(C(C)C)C(F)(F)C4)C3)C2)cc1. The van der Waals surface area contributed by atoms with Crippen LogP contribution in [0.15, 0.2) is 24.3 Å². The summed E-state index contributed by atoms with van der Waals surface area (Å²) in [6, 6.07) is 8.80. The van der Waals surface area contributed by atoms with Crippen molar-refractivity contribution < 1.29 is 13.6 Å². The van der Waals surface area contributed by atoms with E-state index in [1.165, 1.54) is 11.3 Å². The molecule has 3 saturated heterocycles. The van der Waals surface area contributed by atoms with Crippen LogP contribution in [0.5, 0.6) is 0 Å². The molecular formula is C25H37F2N3O.